The molecule has 0 saturated carbocycles. The fourth-order valence-corrected chi connectivity index (χ4v) is 1.84. The maximum Gasteiger partial charge on any atom is 0.270 e. The Hall–Kier alpha value is -1.12. The molecule has 0 spiro atoms. The molecule has 1 aromatic rings. The van der Waals surface area contributed by atoms with Crippen molar-refractivity contribution in [3.8, 4) is 0 Å². The van der Waals surface area contributed by atoms with Crippen molar-refractivity contribution < 1.29 is 18.4 Å². The van der Waals surface area contributed by atoms with Crippen molar-refractivity contribution in [2.24, 2.45) is 0 Å². The molecule has 1 N–H and O–H groups in total. The zero-order chi connectivity index (χ0) is 14.3. The average molecular weight is 339 g/mol. The number of benzene rings is 1. The molecular weight excluding hydrogens is 326 g/mol. The Morgan fingerprint density at radius 1 is 1.47 bits per heavy atom. The summed E-state index contributed by atoms with van der Waals surface area (Å²) in [6, 6.07) is 4.47. The van der Waals surface area contributed by atoms with Crippen molar-refractivity contribution in [2.75, 3.05) is 19.8 Å². The first-order valence-corrected chi connectivity index (χ1v) is 6.29. The minimum atomic E-state index is -2.45. The van der Waals surface area contributed by atoms with E-state index in [9.17, 15) is 18.9 Å². The molecule has 0 heterocycles. The quantitative estimate of drug-likeness (QED) is 0.449. The number of nitro benzene ring substituents is 1. The van der Waals surface area contributed by atoms with Gasteiger partial charge in [-0.05, 0) is 11.6 Å². The van der Waals surface area contributed by atoms with E-state index < -0.39 is 18.0 Å². The molecule has 0 saturated heterocycles. The van der Waals surface area contributed by atoms with Gasteiger partial charge in [0, 0.05) is 29.7 Å². The molecule has 0 atom stereocenters. The smallest absolute Gasteiger partial charge is 0.270 e. The van der Waals surface area contributed by atoms with Crippen LogP contribution in [0.15, 0.2) is 22.7 Å². The molecule has 0 fully saturated rings. The number of halogens is 3. The van der Waals surface area contributed by atoms with Crippen LogP contribution in [0.3, 0.4) is 0 Å². The van der Waals surface area contributed by atoms with Crippen molar-refractivity contribution in [3.05, 3.63) is 38.3 Å². The van der Waals surface area contributed by atoms with Crippen LogP contribution in [-0.2, 0) is 11.3 Å². The molecule has 1 aromatic carbocycles. The van der Waals surface area contributed by atoms with E-state index in [4.69, 9.17) is 4.74 Å². The molecule has 0 unspecified atom stereocenters. The van der Waals surface area contributed by atoms with Crippen LogP contribution >= 0.6 is 15.9 Å². The van der Waals surface area contributed by atoms with Crippen LogP contribution in [0.1, 0.15) is 5.56 Å². The van der Waals surface area contributed by atoms with Gasteiger partial charge in [0.25, 0.3) is 12.1 Å². The number of hydrogen-bond donors (Lipinski definition) is 1. The third-order valence-electron chi connectivity index (χ3n) is 2.23. The minimum Gasteiger partial charge on any atom is -0.374 e. The summed E-state index contributed by atoms with van der Waals surface area (Å²) in [5.41, 5.74) is 0.857. The second-order valence-electron chi connectivity index (χ2n) is 3.68. The van der Waals surface area contributed by atoms with Gasteiger partial charge in [0.05, 0.1) is 11.5 Å². The van der Waals surface area contributed by atoms with Crippen molar-refractivity contribution in [3.63, 3.8) is 0 Å². The first-order valence-electron chi connectivity index (χ1n) is 5.50. The fourth-order valence-electron chi connectivity index (χ4n) is 1.33. The number of nitrogens with one attached hydrogen (secondary N) is 1. The molecule has 0 aromatic heterocycles. The summed E-state index contributed by atoms with van der Waals surface area (Å²) in [5, 5.41) is 13.5. The first-order chi connectivity index (χ1) is 9.00. The van der Waals surface area contributed by atoms with E-state index in [0.29, 0.717) is 17.6 Å². The summed E-state index contributed by atoms with van der Waals surface area (Å²) in [6.45, 7) is 0.518. The second-order valence-corrected chi connectivity index (χ2v) is 4.53. The Morgan fingerprint density at radius 2 is 2.21 bits per heavy atom. The zero-order valence-electron chi connectivity index (χ0n) is 9.94. The Labute approximate surface area is 117 Å². The van der Waals surface area contributed by atoms with E-state index in [1.165, 1.54) is 12.1 Å². The first kappa shape index (κ1) is 15.9. The van der Waals surface area contributed by atoms with Gasteiger partial charge in [-0.15, -0.1) is 0 Å². The lowest BCUT2D eigenvalue weighted by Gasteiger charge is -2.07. The summed E-state index contributed by atoms with van der Waals surface area (Å²) in [7, 11) is 0. The lowest BCUT2D eigenvalue weighted by atomic mass is 10.2. The van der Waals surface area contributed by atoms with Crippen LogP contribution in [0.5, 0.6) is 0 Å². The van der Waals surface area contributed by atoms with Gasteiger partial charge in [0.2, 0.25) is 0 Å². The molecule has 0 aliphatic heterocycles. The van der Waals surface area contributed by atoms with Crippen molar-refractivity contribution in [1.82, 2.24) is 5.32 Å². The minimum absolute atomic E-state index is 0.0101. The fraction of sp³-hybridized carbons (Fsp3) is 0.455. The number of alkyl halides is 2. The van der Waals surface area contributed by atoms with Gasteiger partial charge in [-0.1, -0.05) is 15.9 Å². The average Bonchev–Trinajstić information content (AvgIpc) is 2.34. The van der Waals surface area contributed by atoms with Crippen LogP contribution in [-0.4, -0.2) is 31.1 Å². The molecule has 19 heavy (non-hydrogen) atoms. The largest absolute Gasteiger partial charge is 0.374 e. The molecule has 5 nitrogen and oxygen atoms in total. The van der Waals surface area contributed by atoms with E-state index in [1.807, 2.05) is 0 Å². The van der Waals surface area contributed by atoms with Gasteiger partial charge in [-0.25, -0.2) is 8.78 Å². The third-order valence-corrected chi connectivity index (χ3v) is 2.97. The Bertz CT molecular complexity index is 432. The van der Waals surface area contributed by atoms with Crippen LogP contribution in [0.4, 0.5) is 14.5 Å². The highest BCUT2D eigenvalue weighted by Gasteiger charge is 2.08. The molecule has 8 heteroatoms. The highest BCUT2D eigenvalue weighted by Crippen LogP contribution is 2.22. The van der Waals surface area contributed by atoms with E-state index in [0.717, 1.165) is 5.56 Å². The molecular formula is C11H13BrF2N2O3. The van der Waals surface area contributed by atoms with Crippen molar-refractivity contribution in [2.45, 2.75) is 13.0 Å². The third kappa shape index (κ3) is 6.04. The molecule has 0 aliphatic rings. The van der Waals surface area contributed by atoms with Gasteiger partial charge < -0.3 is 10.1 Å². The number of ether oxygens (including phenoxy) is 1. The molecule has 0 amide bonds. The molecule has 1 rings (SSSR count). The Balaban J connectivity index is 2.32. The summed E-state index contributed by atoms with van der Waals surface area (Å²) in [6.07, 6.45) is -2.45. The zero-order valence-corrected chi connectivity index (χ0v) is 11.5. The Kier molecular flexibility index (Phi) is 6.82. The van der Waals surface area contributed by atoms with Gasteiger partial charge >= 0.3 is 0 Å². The predicted octanol–water partition coefficient (Wildman–Crippen LogP) is 2.73. The van der Waals surface area contributed by atoms with Gasteiger partial charge in [-0.3, -0.25) is 10.1 Å². The topological polar surface area (TPSA) is 64.4 Å². The maximum absolute atomic E-state index is 11.8. The molecule has 0 aliphatic carbocycles. The normalized spacial score (nSPS) is 10.9. The van der Waals surface area contributed by atoms with E-state index in [1.54, 1.807) is 6.07 Å². The van der Waals surface area contributed by atoms with Crippen LogP contribution in [0.25, 0.3) is 0 Å². The highest BCUT2D eigenvalue weighted by molar-refractivity contribution is 9.10. The van der Waals surface area contributed by atoms with Crippen molar-refractivity contribution in [1.29, 1.82) is 0 Å². The number of nitrogens with zero attached hydrogens (tertiary/aromatic N) is 1. The molecule has 0 radical (unpaired) electrons. The summed E-state index contributed by atoms with van der Waals surface area (Å²) < 4.78 is 28.8. The summed E-state index contributed by atoms with van der Waals surface area (Å²) >= 11 is 3.24. The van der Waals surface area contributed by atoms with Gasteiger partial charge in [0.15, 0.2) is 0 Å². The molecule has 106 valence electrons. The summed E-state index contributed by atoms with van der Waals surface area (Å²) in [4.78, 5) is 10.1. The van der Waals surface area contributed by atoms with Crippen LogP contribution in [0.2, 0.25) is 0 Å². The highest BCUT2D eigenvalue weighted by atomic mass is 79.9. The van der Waals surface area contributed by atoms with E-state index >= 15 is 0 Å². The number of hydrogen-bond acceptors (Lipinski definition) is 4. The monoisotopic (exact) mass is 338 g/mol. The maximum atomic E-state index is 11.8. The van der Waals surface area contributed by atoms with E-state index in [2.05, 4.69) is 21.2 Å². The molecule has 0 bridgehead atoms. The Morgan fingerprint density at radius 3 is 2.79 bits per heavy atom. The van der Waals surface area contributed by atoms with Crippen molar-refractivity contribution >= 4 is 21.6 Å². The number of rotatable bonds is 8. The van der Waals surface area contributed by atoms with Gasteiger partial charge in [-0.2, -0.15) is 0 Å². The van der Waals surface area contributed by atoms with E-state index in [-0.39, 0.29) is 12.3 Å². The van der Waals surface area contributed by atoms with Gasteiger partial charge in [0.1, 0.15) is 6.61 Å². The lowest BCUT2D eigenvalue weighted by Crippen LogP contribution is -2.20. The van der Waals surface area contributed by atoms with Crippen LogP contribution in [0, 0.1) is 10.1 Å². The summed E-state index contributed by atoms with van der Waals surface area (Å²) in [5.74, 6) is 0. The SMILES string of the molecule is O=[N+]([O-])c1ccc(CNCCOCC(F)F)c(Br)c1. The number of nitro groups is 1. The standard InChI is InChI=1S/C11H13BrF2N2O3/c12-10-5-9(16(17)18)2-1-8(10)6-15-3-4-19-7-11(13)14/h1-2,5,11,15H,3-4,6-7H2. The second kappa shape index (κ2) is 8.13. The number of non-ortho nitro benzene ring substituents is 1. The van der Waals surface area contributed by atoms with Crippen LogP contribution < -0.4 is 5.32 Å². The lowest BCUT2D eigenvalue weighted by molar-refractivity contribution is -0.384. The predicted molar refractivity (Wildman–Crippen MR) is 69.3 cm³/mol.